The molecule has 124 valence electrons. The third-order valence-corrected chi connectivity index (χ3v) is 4.46. The maximum atomic E-state index is 12.2. The first-order valence-corrected chi connectivity index (χ1v) is 8.22. The zero-order valence-electron chi connectivity index (χ0n) is 12.4. The van der Waals surface area contributed by atoms with E-state index in [1.165, 1.54) is 0 Å². The van der Waals surface area contributed by atoms with Crippen molar-refractivity contribution in [2.24, 2.45) is 0 Å². The van der Waals surface area contributed by atoms with Crippen molar-refractivity contribution in [2.75, 3.05) is 17.6 Å². The molecule has 0 saturated carbocycles. The number of hydrogen-bond acceptors (Lipinski definition) is 5. The molecule has 23 heavy (non-hydrogen) atoms. The van der Waals surface area contributed by atoms with Gasteiger partial charge in [0.1, 0.15) is 6.04 Å². The van der Waals surface area contributed by atoms with Crippen LogP contribution in [-0.2, 0) is 9.59 Å². The molecule has 0 bridgehead atoms. The SMILES string of the molecule is O=C(O)CCCC(NC(=O)c1ccc2c(c1)SCCN2)C(=O)O. The van der Waals surface area contributed by atoms with Gasteiger partial charge in [0.2, 0.25) is 0 Å². The maximum Gasteiger partial charge on any atom is 0.326 e. The van der Waals surface area contributed by atoms with Crippen molar-refractivity contribution in [3.63, 3.8) is 0 Å². The Labute approximate surface area is 137 Å². The lowest BCUT2D eigenvalue weighted by Gasteiger charge is -2.19. The van der Waals surface area contributed by atoms with E-state index in [1.807, 2.05) is 0 Å². The summed E-state index contributed by atoms with van der Waals surface area (Å²) in [5.74, 6) is -1.72. The number of fused-ring (bicyclic) bond motifs is 1. The zero-order valence-corrected chi connectivity index (χ0v) is 13.2. The van der Waals surface area contributed by atoms with Crippen LogP contribution in [0.5, 0.6) is 0 Å². The van der Waals surface area contributed by atoms with E-state index in [9.17, 15) is 14.4 Å². The van der Waals surface area contributed by atoms with Crippen molar-refractivity contribution in [3.05, 3.63) is 23.8 Å². The van der Waals surface area contributed by atoms with Crippen LogP contribution < -0.4 is 10.6 Å². The van der Waals surface area contributed by atoms with Crippen LogP contribution in [0.15, 0.2) is 23.1 Å². The van der Waals surface area contributed by atoms with E-state index in [2.05, 4.69) is 10.6 Å². The molecule has 4 N–H and O–H groups in total. The lowest BCUT2D eigenvalue weighted by atomic mass is 10.1. The van der Waals surface area contributed by atoms with Crippen molar-refractivity contribution in [3.8, 4) is 0 Å². The molecule has 0 fully saturated rings. The third-order valence-electron chi connectivity index (χ3n) is 3.41. The van der Waals surface area contributed by atoms with Crippen LogP contribution in [0, 0.1) is 0 Å². The number of amides is 1. The fourth-order valence-electron chi connectivity index (χ4n) is 2.23. The monoisotopic (exact) mass is 338 g/mol. The van der Waals surface area contributed by atoms with Crippen LogP contribution in [-0.4, -0.2) is 46.4 Å². The molecule has 1 aromatic rings. The standard InChI is InChI=1S/C15H18N2O5S/c18-13(19)3-1-2-11(15(21)22)17-14(20)9-4-5-10-12(8-9)23-7-6-16-10/h4-5,8,11,16H,1-3,6-7H2,(H,17,20)(H,18,19)(H,21,22). The van der Waals surface area contributed by atoms with Gasteiger partial charge in [-0.15, -0.1) is 11.8 Å². The number of rotatable bonds is 7. The van der Waals surface area contributed by atoms with Gasteiger partial charge in [-0.2, -0.15) is 0 Å². The molecule has 0 aliphatic carbocycles. The largest absolute Gasteiger partial charge is 0.481 e. The molecule has 0 radical (unpaired) electrons. The quantitative estimate of drug-likeness (QED) is 0.597. The summed E-state index contributed by atoms with van der Waals surface area (Å²) < 4.78 is 0. The first kappa shape index (κ1) is 17.1. The van der Waals surface area contributed by atoms with Gasteiger partial charge in [0.05, 0.1) is 0 Å². The number of carboxylic acid groups (broad SMARTS) is 2. The number of thioether (sulfide) groups is 1. The molecule has 8 heteroatoms. The normalized spacial score (nSPS) is 14.3. The van der Waals surface area contributed by atoms with Crippen molar-refractivity contribution in [1.29, 1.82) is 0 Å². The number of benzene rings is 1. The van der Waals surface area contributed by atoms with E-state index in [4.69, 9.17) is 10.2 Å². The number of nitrogens with one attached hydrogen (secondary N) is 2. The highest BCUT2D eigenvalue weighted by Crippen LogP contribution is 2.31. The van der Waals surface area contributed by atoms with Crippen molar-refractivity contribution in [2.45, 2.75) is 30.2 Å². The van der Waals surface area contributed by atoms with Gasteiger partial charge in [-0.25, -0.2) is 4.79 Å². The molecule has 7 nitrogen and oxygen atoms in total. The van der Waals surface area contributed by atoms with Crippen molar-refractivity contribution >= 4 is 35.3 Å². The number of carboxylic acids is 2. The fraction of sp³-hybridized carbons (Fsp3) is 0.400. The Balaban J connectivity index is 2.00. The molecular formula is C15H18N2O5S. The molecule has 0 aromatic heterocycles. The Hall–Kier alpha value is -2.22. The number of hydrogen-bond donors (Lipinski definition) is 4. The molecule has 1 atom stereocenters. The summed E-state index contributed by atoms with van der Waals surface area (Å²) in [6, 6.07) is 4.08. The second kappa shape index (κ2) is 7.87. The predicted octanol–water partition coefficient (Wildman–Crippen LogP) is 1.64. The summed E-state index contributed by atoms with van der Waals surface area (Å²) in [5, 5.41) is 23.4. The van der Waals surface area contributed by atoms with Crippen LogP contribution in [0.25, 0.3) is 0 Å². The highest BCUT2D eigenvalue weighted by Gasteiger charge is 2.21. The predicted molar refractivity (Wildman–Crippen MR) is 86.0 cm³/mol. The minimum absolute atomic E-state index is 0.0780. The van der Waals surface area contributed by atoms with Crippen LogP contribution in [0.3, 0.4) is 0 Å². The van der Waals surface area contributed by atoms with Gasteiger partial charge in [-0.05, 0) is 31.0 Å². The minimum atomic E-state index is -1.17. The Bertz CT molecular complexity index is 620. The summed E-state index contributed by atoms with van der Waals surface area (Å²) >= 11 is 1.64. The number of carbonyl (C=O) groups is 3. The highest BCUT2D eigenvalue weighted by molar-refractivity contribution is 7.99. The van der Waals surface area contributed by atoms with E-state index in [0.717, 1.165) is 22.9 Å². The van der Waals surface area contributed by atoms with Crippen LogP contribution in [0.2, 0.25) is 0 Å². The second-order valence-corrected chi connectivity index (χ2v) is 6.27. The van der Waals surface area contributed by atoms with Gasteiger partial charge in [0, 0.05) is 34.9 Å². The number of aliphatic carboxylic acids is 2. The molecule has 0 saturated heterocycles. The minimum Gasteiger partial charge on any atom is -0.481 e. The summed E-state index contributed by atoms with van der Waals surface area (Å²) in [7, 11) is 0. The van der Waals surface area contributed by atoms with E-state index in [1.54, 1.807) is 30.0 Å². The van der Waals surface area contributed by atoms with Gasteiger partial charge in [-0.1, -0.05) is 0 Å². The summed E-state index contributed by atoms with van der Waals surface area (Å²) in [6.07, 6.45) is 0.145. The highest BCUT2D eigenvalue weighted by atomic mass is 32.2. The molecule has 1 amide bonds. The molecule has 1 unspecified atom stereocenters. The van der Waals surface area contributed by atoms with Gasteiger partial charge in [0.25, 0.3) is 5.91 Å². The molecule has 1 aliphatic heterocycles. The first-order chi connectivity index (χ1) is 11.0. The van der Waals surface area contributed by atoms with Gasteiger partial charge in [-0.3, -0.25) is 9.59 Å². The maximum absolute atomic E-state index is 12.2. The molecule has 1 heterocycles. The summed E-state index contributed by atoms with van der Waals surface area (Å²) in [4.78, 5) is 34.9. The lowest BCUT2D eigenvalue weighted by Crippen LogP contribution is -2.40. The Morgan fingerprint density at radius 2 is 2.09 bits per heavy atom. The zero-order chi connectivity index (χ0) is 16.8. The van der Waals surface area contributed by atoms with E-state index in [0.29, 0.717) is 5.56 Å². The topological polar surface area (TPSA) is 116 Å². The summed E-state index contributed by atoms with van der Waals surface area (Å²) in [5.41, 5.74) is 1.36. The summed E-state index contributed by atoms with van der Waals surface area (Å²) in [6.45, 7) is 0.869. The molecule has 2 rings (SSSR count). The molecule has 1 aromatic carbocycles. The number of anilines is 1. The van der Waals surface area contributed by atoms with Gasteiger partial charge >= 0.3 is 11.9 Å². The lowest BCUT2D eigenvalue weighted by molar-refractivity contribution is -0.140. The molecular weight excluding hydrogens is 320 g/mol. The van der Waals surface area contributed by atoms with E-state index in [-0.39, 0.29) is 19.3 Å². The van der Waals surface area contributed by atoms with Crippen molar-refractivity contribution < 1.29 is 24.6 Å². The van der Waals surface area contributed by atoms with E-state index >= 15 is 0 Å². The fourth-order valence-corrected chi connectivity index (χ4v) is 3.16. The van der Waals surface area contributed by atoms with Crippen LogP contribution >= 0.6 is 11.8 Å². The van der Waals surface area contributed by atoms with Gasteiger partial charge < -0.3 is 20.8 Å². The van der Waals surface area contributed by atoms with E-state index < -0.39 is 23.9 Å². The Morgan fingerprint density at radius 1 is 1.30 bits per heavy atom. The average Bonchev–Trinajstić information content (AvgIpc) is 2.52. The number of carbonyl (C=O) groups excluding carboxylic acids is 1. The van der Waals surface area contributed by atoms with Crippen LogP contribution in [0.1, 0.15) is 29.6 Å². The smallest absolute Gasteiger partial charge is 0.326 e. The Morgan fingerprint density at radius 3 is 2.78 bits per heavy atom. The van der Waals surface area contributed by atoms with Crippen molar-refractivity contribution in [1.82, 2.24) is 5.32 Å². The first-order valence-electron chi connectivity index (χ1n) is 7.23. The molecule has 1 aliphatic rings. The molecule has 0 spiro atoms. The Kier molecular flexibility index (Phi) is 5.86. The average molecular weight is 338 g/mol. The van der Waals surface area contributed by atoms with Gasteiger partial charge in [0.15, 0.2) is 0 Å². The van der Waals surface area contributed by atoms with Crippen LogP contribution in [0.4, 0.5) is 5.69 Å². The third kappa shape index (κ3) is 4.88. The second-order valence-electron chi connectivity index (χ2n) is 5.14.